The van der Waals surface area contributed by atoms with Crippen LogP contribution < -0.4 is 16.0 Å². The summed E-state index contributed by atoms with van der Waals surface area (Å²) in [5, 5.41) is 2.97. The molecule has 1 unspecified atom stereocenters. The summed E-state index contributed by atoms with van der Waals surface area (Å²) in [6.45, 7) is 11.7. The van der Waals surface area contributed by atoms with E-state index in [2.05, 4.69) is 34.0 Å². The van der Waals surface area contributed by atoms with Gasteiger partial charge in [0.05, 0.1) is 11.7 Å². The maximum Gasteiger partial charge on any atom is 0.407 e. The number of nitrogens with one attached hydrogen (secondary N) is 1. The molecule has 1 atom stereocenters. The molecular formula is C19H31N5O2. The van der Waals surface area contributed by atoms with E-state index in [-0.39, 0.29) is 17.6 Å². The Morgan fingerprint density at radius 2 is 2.08 bits per heavy atom. The molecule has 1 aliphatic carbocycles. The number of alkyl carbamates (subject to hydrolysis) is 1. The van der Waals surface area contributed by atoms with E-state index >= 15 is 0 Å². The van der Waals surface area contributed by atoms with Crippen LogP contribution in [-0.4, -0.2) is 40.8 Å². The Morgan fingerprint density at radius 3 is 2.77 bits per heavy atom. The second-order valence-electron chi connectivity index (χ2n) is 9.25. The van der Waals surface area contributed by atoms with Crippen molar-refractivity contribution in [1.29, 1.82) is 0 Å². The van der Waals surface area contributed by atoms with Gasteiger partial charge in [0.2, 0.25) is 5.95 Å². The first-order valence-corrected chi connectivity index (χ1v) is 9.42. The van der Waals surface area contributed by atoms with Crippen LogP contribution in [0.2, 0.25) is 0 Å². The van der Waals surface area contributed by atoms with Crippen LogP contribution in [0.3, 0.4) is 0 Å². The van der Waals surface area contributed by atoms with Crippen LogP contribution in [0, 0.1) is 5.41 Å². The molecule has 3 N–H and O–H groups in total. The van der Waals surface area contributed by atoms with Crippen molar-refractivity contribution in [3.05, 3.63) is 11.3 Å². The zero-order chi connectivity index (χ0) is 19.1. The molecule has 1 fully saturated rings. The van der Waals surface area contributed by atoms with Gasteiger partial charge < -0.3 is 20.7 Å². The van der Waals surface area contributed by atoms with Crippen LogP contribution in [0.4, 0.5) is 16.6 Å². The number of nitrogen functional groups attached to an aromatic ring is 1. The van der Waals surface area contributed by atoms with Gasteiger partial charge in [0.1, 0.15) is 11.4 Å². The number of nitrogens with zero attached hydrogens (tertiary/aromatic N) is 3. The Hall–Kier alpha value is -2.05. The number of carbonyl (C=O) groups excluding carboxylic acids is 1. The van der Waals surface area contributed by atoms with Gasteiger partial charge in [-0.05, 0) is 51.9 Å². The predicted molar refractivity (Wildman–Crippen MR) is 102 cm³/mol. The van der Waals surface area contributed by atoms with Crippen molar-refractivity contribution in [2.24, 2.45) is 5.41 Å². The Balaban J connectivity index is 1.71. The normalized spacial score (nSPS) is 22.0. The first-order valence-electron chi connectivity index (χ1n) is 9.42. The lowest BCUT2D eigenvalue weighted by molar-refractivity contribution is 0.0509. The first-order chi connectivity index (χ1) is 12.0. The Labute approximate surface area is 155 Å². The van der Waals surface area contributed by atoms with Crippen molar-refractivity contribution in [1.82, 2.24) is 15.3 Å². The lowest BCUT2D eigenvalue weighted by atomic mass is 9.76. The zero-order valence-electron chi connectivity index (χ0n) is 16.6. The molecule has 7 heteroatoms. The summed E-state index contributed by atoms with van der Waals surface area (Å²) in [7, 11) is 0. The number of fused-ring (bicyclic) bond motifs is 1. The van der Waals surface area contributed by atoms with Gasteiger partial charge >= 0.3 is 6.09 Å². The van der Waals surface area contributed by atoms with Crippen LogP contribution in [0.15, 0.2) is 0 Å². The molecule has 3 rings (SSSR count). The van der Waals surface area contributed by atoms with Gasteiger partial charge in [0, 0.05) is 18.7 Å². The number of hydrogen-bond acceptors (Lipinski definition) is 6. The lowest BCUT2D eigenvalue weighted by Crippen LogP contribution is -2.40. The van der Waals surface area contributed by atoms with Gasteiger partial charge in [0.25, 0.3) is 0 Å². The summed E-state index contributed by atoms with van der Waals surface area (Å²) < 4.78 is 5.36. The highest BCUT2D eigenvalue weighted by atomic mass is 16.6. The van der Waals surface area contributed by atoms with E-state index in [1.54, 1.807) is 0 Å². The summed E-state index contributed by atoms with van der Waals surface area (Å²) in [4.78, 5) is 23.3. The number of nitrogens with two attached hydrogens (primary N) is 1. The predicted octanol–water partition coefficient (Wildman–Crippen LogP) is 2.68. The van der Waals surface area contributed by atoms with E-state index in [0.29, 0.717) is 12.5 Å². The third-order valence-electron chi connectivity index (χ3n) is 4.99. The SMILES string of the molecule is CC1(C)CCc2c(nc(N)nc2N2CCC(NC(=O)OC(C)(C)C)C2)C1. The minimum Gasteiger partial charge on any atom is -0.444 e. The molecule has 1 amide bonds. The van der Waals surface area contributed by atoms with E-state index in [4.69, 9.17) is 10.5 Å². The fraction of sp³-hybridized carbons (Fsp3) is 0.737. The summed E-state index contributed by atoms with van der Waals surface area (Å²) in [6, 6.07) is 0.0525. The molecule has 1 saturated heterocycles. The molecule has 26 heavy (non-hydrogen) atoms. The molecule has 0 aromatic carbocycles. The number of hydrogen-bond donors (Lipinski definition) is 2. The molecule has 1 aromatic rings. The largest absolute Gasteiger partial charge is 0.444 e. The number of rotatable bonds is 2. The zero-order valence-corrected chi connectivity index (χ0v) is 16.6. The molecule has 7 nitrogen and oxygen atoms in total. The fourth-order valence-corrected chi connectivity index (χ4v) is 3.75. The summed E-state index contributed by atoms with van der Waals surface area (Å²) in [6.07, 6.45) is 3.51. The van der Waals surface area contributed by atoms with E-state index in [1.165, 1.54) is 5.56 Å². The molecule has 0 radical (unpaired) electrons. The second-order valence-corrected chi connectivity index (χ2v) is 9.25. The van der Waals surface area contributed by atoms with Crippen LogP contribution in [0.5, 0.6) is 0 Å². The molecular weight excluding hydrogens is 330 g/mol. The van der Waals surface area contributed by atoms with Gasteiger partial charge in [-0.15, -0.1) is 0 Å². The highest BCUT2D eigenvalue weighted by Gasteiger charge is 2.33. The number of anilines is 2. The number of carbonyl (C=O) groups is 1. The Kier molecular flexibility index (Phi) is 4.75. The van der Waals surface area contributed by atoms with Crippen molar-refractivity contribution in [2.75, 3.05) is 23.7 Å². The molecule has 1 aromatic heterocycles. The molecule has 0 bridgehead atoms. The Morgan fingerprint density at radius 1 is 1.35 bits per heavy atom. The standard InChI is InChI=1S/C19H31N5O2/c1-18(2,3)26-17(25)21-12-7-9-24(11-12)15-13-6-8-19(4,5)10-14(13)22-16(20)23-15/h12H,6-11H2,1-5H3,(H,21,25)(H2,20,22,23). The van der Waals surface area contributed by atoms with Gasteiger partial charge in [-0.25, -0.2) is 9.78 Å². The summed E-state index contributed by atoms with van der Waals surface area (Å²) in [5.74, 6) is 1.27. The minimum atomic E-state index is -0.491. The molecule has 0 spiro atoms. The van der Waals surface area contributed by atoms with Crippen molar-refractivity contribution in [3.63, 3.8) is 0 Å². The van der Waals surface area contributed by atoms with Crippen LogP contribution in [0.25, 0.3) is 0 Å². The van der Waals surface area contributed by atoms with Gasteiger partial charge in [0.15, 0.2) is 0 Å². The van der Waals surface area contributed by atoms with Gasteiger partial charge in [-0.2, -0.15) is 4.98 Å². The van der Waals surface area contributed by atoms with Crippen molar-refractivity contribution in [2.45, 2.75) is 71.9 Å². The molecule has 144 valence electrons. The smallest absolute Gasteiger partial charge is 0.407 e. The summed E-state index contributed by atoms with van der Waals surface area (Å²) in [5.41, 5.74) is 8.04. The van der Waals surface area contributed by atoms with Crippen LogP contribution in [-0.2, 0) is 17.6 Å². The maximum absolute atomic E-state index is 12.0. The Bertz CT molecular complexity index is 696. The van der Waals surface area contributed by atoms with Crippen LogP contribution >= 0.6 is 0 Å². The van der Waals surface area contributed by atoms with E-state index in [9.17, 15) is 4.79 Å². The number of ether oxygens (including phenoxy) is 1. The van der Waals surface area contributed by atoms with Crippen molar-refractivity contribution < 1.29 is 9.53 Å². The topological polar surface area (TPSA) is 93.4 Å². The maximum atomic E-state index is 12.0. The van der Waals surface area contributed by atoms with Gasteiger partial charge in [-0.3, -0.25) is 0 Å². The van der Waals surface area contributed by atoms with E-state index in [0.717, 1.165) is 43.7 Å². The number of amides is 1. The number of aromatic nitrogens is 2. The average molecular weight is 361 g/mol. The minimum absolute atomic E-state index is 0.0525. The highest BCUT2D eigenvalue weighted by Crippen LogP contribution is 2.38. The third kappa shape index (κ3) is 4.37. The molecule has 0 saturated carbocycles. The van der Waals surface area contributed by atoms with E-state index < -0.39 is 5.60 Å². The lowest BCUT2D eigenvalue weighted by Gasteiger charge is -2.33. The molecule has 2 heterocycles. The highest BCUT2D eigenvalue weighted by molar-refractivity contribution is 5.68. The van der Waals surface area contributed by atoms with Crippen molar-refractivity contribution >= 4 is 17.9 Å². The second kappa shape index (κ2) is 6.59. The first kappa shape index (κ1) is 18.7. The third-order valence-corrected chi connectivity index (χ3v) is 4.99. The monoisotopic (exact) mass is 361 g/mol. The summed E-state index contributed by atoms with van der Waals surface area (Å²) >= 11 is 0. The average Bonchev–Trinajstić information content (AvgIpc) is 2.91. The van der Waals surface area contributed by atoms with Gasteiger partial charge in [-0.1, -0.05) is 13.8 Å². The van der Waals surface area contributed by atoms with Crippen LogP contribution in [0.1, 0.15) is 58.7 Å². The van der Waals surface area contributed by atoms with E-state index in [1.807, 2.05) is 20.8 Å². The molecule has 2 aliphatic rings. The van der Waals surface area contributed by atoms with Crippen molar-refractivity contribution in [3.8, 4) is 0 Å². The molecule has 1 aliphatic heterocycles. The fourth-order valence-electron chi connectivity index (χ4n) is 3.75. The quantitative estimate of drug-likeness (QED) is 0.841.